The Balaban J connectivity index is 1.43. The van der Waals surface area contributed by atoms with Crippen LogP contribution in [0.1, 0.15) is 37.7 Å². The number of nitrogens with two attached hydrogens (primary N) is 1. The van der Waals surface area contributed by atoms with E-state index in [0.717, 1.165) is 52.0 Å². The first-order valence-corrected chi connectivity index (χ1v) is 10.1. The van der Waals surface area contributed by atoms with Gasteiger partial charge in [-0.1, -0.05) is 0 Å². The second-order valence-electron chi connectivity index (χ2n) is 7.63. The molecule has 0 bridgehead atoms. The van der Waals surface area contributed by atoms with Gasteiger partial charge in [-0.3, -0.25) is 19.6 Å². The summed E-state index contributed by atoms with van der Waals surface area (Å²) in [4.78, 5) is 21.6. The van der Waals surface area contributed by atoms with Crippen molar-refractivity contribution in [3.8, 4) is 0 Å². The van der Waals surface area contributed by atoms with Gasteiger partial charge in [-0.15, -0.1) is 0 Å². The monoisotopic (exact) mass is 359 g/mol. The van der Waals surface area contributed by atoms with Gasteiger partial charge < -0.3 is 11.1 Å². The van der Waals surface area contributed by atoms with E-state index in [2.05, 4.69) is 32.2 Å². The molecular formula is C20H33N5O. The quantitative estimate of drug-likeness (QED) is 0.716. The van der Waals surface area contributed by atoms with Crippen LogP contribution in [0.5, 0.6) is 0 Å². The molecule has 0 spiro atoms. The molecule has 1 atom stereocenters. The van der Waals surface area contributed by atoms with E-state index in [4.69, 9.17) is 5.73 Å². The normalized spacial score (nSPS) is 23.0. The second-order valence-corrected chi connectivity index (χ2v) is 7.63. The van der Waals surface area contributed by atoms with Gasteiger partial charge in [0.15, 0.2) is 0 Å². The smallest absolute Gasteiger partial charge is 0.224 e. The summed E-state index contributed by atoms with van der Waals surface area (Å²) in [5.41, 5.74) is 6.84. The van der Waals surface area contributed by atoms with E-state index < -0.39 is 0 Å². The number of aromatic nitrogens is 1. The van der Waals surface area contributed by atoms with Crippen LogP contribution in [-0.2, 0) is 11.3 Å². The van der Waals surface area contributed by atoms with Crippen LogP contribution in [-0.4, -0.2) is 66.0 Å². The van der Waals surface area contributed by atoms with Crippen molar-refractivity contribution >= 4 is 5.91 Å². The van der Waals surface area contributed by atoms with Crippen molar-refractivity contribution in [2.45, 2.75) is 44.7 Å². The number of carbonyl (C=O) groups is 1. The van der Waals surface area contributed by atoms with E-state index in [1.807, 2.05) is 12.4 Å². The molecule has 26 heavy (non-hydrogen) atoms. The van der Waals surface area contributed by atoms with Gasteiger partial charge >= 0.3 is 0 Å². The number of rotatable bonds is 7. The van der Waals surface area contributed by atoms with Crippen LogP contribution in [0.15, 0.2) is 24.5 Å². The van der Waals surface area contributed by atoms with Crippen molar-refractivity contribution in [1.82, 2.24) is 20.1 Å². The summed E-state index contributed by atoms with van der Waals surface area (Å²) >= 11 is 0. The number of piperidine rings is 2. The third-order valence-electron chi connectivity index (χ3n) is 5.73. The highest BCUT2D eigenvalue weighted by Gasteiger charge is 2.31. The number of carbonyl (C=O) groups excluding carboxylic acids is 1. The van der Waals surface area contributed by atoms with Crippen LogP contribution in [0.3, 0.4) is 0 Å². The molecule has 6 nitrogen and oxygen atoms in total. The average Bonchev–Trinajstić information content (AvgIpc) is 2.69. The molecule has 144 valence electrons. The molecule has 2 aliphatic heterocycles. The third kappa shape index (κ3) is 5.50. The molecule has 1 unspecified atom stereocenters. The Morgan fingerprint density at radius 1 is 1.19 bits per heavy atom. The lowest BCUT2D eigenvalue weighted by Crippen LogP contribution is -2.50. The zero-order valence-electron chi connectivity index (χ0n) is 15.8. The predicted molar refractivity (Wildman–Crippen MR) is 104 cm³/mol. The van der Waals surface area contributed by atoms with E-state index in [0.29, 0.717) is 19.1 Å². The lowest BCUT2D eigenvalue weighted by molar-refractivity contribution is -0.127. The number of pyridine rings is 1. The summed E-state index contributed by atoms with van der Waals surface area (Å²) in [5.74, 6) is 0.370. The minimum absolute atomic E-state index is 0.149. The molecule has 1 amide bonds. The van der Waals surface area contributed by atoms with Crippen LogP contribution < -0.4 is 11.1 Å². The second kappa shape index (κ2) is 10.00. The van der Waals surface area contributed by atoms with Crippen molar-refractivity contribution in [3.63, 3.8) is 0 Å². The van der Waals surface area contributed by atoms with Gasteiger partial charge in [0, 0.05) is 38.1 Å². The SMILES string of the molecule is NCCCNC(=O)C1CCCN(C2CCN(Cc3ccncc3)CC2)C1. The molecule has 0 aromatic carbocycles. The van der Waals surface area contributed by atoms with E-state index in [1.165, 1.54) is 18.4 Å². The van der Waals surface area contributed by atoms with Gasteiger partial charge in [-0.05, 0) is 76.0 Å². The predicted octanol–water partition coefficient (Wildman–Crippen LogP) is 1.22. The minimum atomic E-state index is 0.149. The number of hydrogen-bond acceptors (Lipinski definition) is 5. The van der Waals surface area contributed by atoms with Crippen molar-refractivity contribution in [1.29, 1.82) is 0 Å². The van der Waals surface area contributed by atoms with Crippen molar-refractivity contribution in [3.05, 3.63) is 30.1 Å². The van der Waals surface area contributed by atoms with Crippen molar-refractivity contribution < 1.29 is 4.79 Å². The Labute approximate surface area is 157 Å². The van der Waals surface area contributed by atoms with Gasteiger partial charge in [0.1, 0.15) is 0 Å². The largest absolute Gasteiger partial charge is 0.356 e. The fraction of sp³-hybridized carbons (Fsp3) is 0.700. The highest BCUT2D eigenvalue weighted by Crippen LogP contribution is 2.24. The number of likely N-dealkylation sites (tertiary alicyclic amines) is 2. The van der Waals surface area contributed by atoms with E-state index in [9.17, 15) is 4.79 Å². The zero-order chi connectivity index (χ0) is 18.2. The van der Waals surface area contributed by atoms with Crippen molar-refractivity contribution in [2.24, 2.45) is 11.7 Å². The maximum absolute atomic E-state index is 12.4. The molecule has 0 saturated carbocycles. The summed E-state index contributed by atoms with van der Waals surface area (Å²) in [6.07, 6.45) is 9.15. The first-order chi connectivity index (χ1) is 12.8. The minimum Gasteiger partial charge on any atom is -0.356 e. The van der Waals surface area contributed by atoms with Gasteiger partial charge in [0.05, 0.1) is 5.92 Å². The molecule has 0 radical (unpaired) electrons. The summed E-state index contributed by atoms with van der Waals surface area (Å²) in [6, 6.07) is 4.83. The Hall–Kier alpha value is -1.50. The number of amides is 1. The molecule has 2 fully saturated rings. The molecule has 2 aliphatic rings. The lowest BCUT2D eigenvalue weighted by Gasteiger charge is -2.42. The number of nitrogens with zero attached hydrogens (tertiary/aromatic N) is 3. The molecule has 3 N–H and O–H groups in total. The fourth-order valence-electron chi connectivity index (χ4n) is 4.20. The summed E-state index contributed by atoms with van der Waals surface area (Å²) in [5, 5.41) is 3.05. The fourth-order valence-corrected chi connectivity index (χ4v) is 4.20. The topological polar surface area (TPSA) is 74.5 Å². The van der Waals surface area contributed by atoms with E-state index in [-0.39, 0.29) is 11.8 Å². The molecule has 6 heteroatoms. The maximum Gasteiger partial charge on any atom is 0.224 e. The highest BCUT2D eigenvalue weighted by molar-refractivity contribution is 5.78. The molecule has 3 heterocycles. The Morgan fingerprint density at radius 3 is 2.69 bits per heavy atom. The summed E-state index contributed by atoms with van der Waals surface area (Å²) in [6.45, 7) is 6.69. The summed E-state index contributed by atoms with van der Waals surface area (Å²) in [7, 11) is 0. The molecular weight excluding hydrogens is 326 g/mol. The first kappa shape index (κ1) is 19.3. The zero-order valence-corrected chi connectivity index (χ0v) is 15.8. The Bertz CT molecular complexity index is 544. The Kier molecular flexibility index (Phi) is 7.41. The maximum atomic E-state index is 12.4. The van der Waals surface area contributed by atoms with Crippen LogP contribution in [0.2, 0.25) is 0 Å². The summed E-state index contributed by atoms with van der Waals surface area (Å²) < 4.78 is 0. The molecule has 2 saturated heterocycles. The molecule has 0 aliphatic carbocycles. The number of nitrogens with one attached hydrogen (secondary N) is 1. The third-order valence-corrected chi connectivity index (χ3v) is 5.73. The first-order valence-electron chi connectivity index (χ1n) is 10.1. The molecule has 1 aromatic heterocycles. The van der Waals surface area contributed by atoms with Crippen LogP contribution in [0, 0.1) is 5.92 Å². The van der Waals surface area contributed by atoms with Crippen LogP contribution >= 0.6 is 0 Å². The van der Waals surface area contributed by atoms with Crippen LogP contribution in [0.4, 0.5) is 0 Å². The Morgan fingerprint density at radius 2 is 1.96 bits per heavy atom. The highest BCUT2D eigenvalue weighted by atomic mass is 16.1. The van der Waals surface area contributed by atoms with Gasteiger partial charge in [-0.25, -0.2) is 0 Å². The van der Waals surface area contributed by atoms with Gasteiger partial charge in [0.2, 0.25) is 5.91 Å². The van der Waals surface area contributed by atoms with Gasteiger partial charge in [-0.2, -0.15) is 0 Å². The van der Waals surface area contributed by atoms with E-state index in [1.54, 1.807) is 0 Å². The molecule has 1 aromatic rings. The number of hydrogen-bond donors (Lipinski definition) is 2. The molecule has 3 rings (SSSR count). The van der Waals surface area contributed by atoms with Gasteiger partial charge in [0.25, 0.3) is 0 Å². The average molecular weight is 360 g/mol. The van der Waals surface area contributed by atoms with Crippen LogP contribution in [0.25, 0.3) is 0 Å². The van der Waals surface area contributed by atoms with E-state index >= 15 is 0 Å². The standard InChI is InChI=1S/C20H33N5O/c21-8-2-9-23-20(26)18-3-1-12-25(16-18)19-6-13-24(14-7-19)15-17-4-10-22-11-5-17/h4-5,10-11,18-19H,1-3,6-9,12-16,21H2,(H,23,26). The van der Waals surface area contributed by atoms with Crippen molar-refractivity contribution in [2.75, 3.05) is 39.3 Å². The lowest BCUT2D eigenvalue weighted by atomic mass is 9.93.